The summed E-state index contributed by atoms with van der Waals surface area (Å²) in [5.74, 6) is -19.0. The lowest BCUT2D eigenvalue weighted by molar-refractivity contribution is -0.144. The number of hydrogen-bond acceptors (Lipinski definition) is 20. The lowest BCUT2D eigenvalue weighted by atomic mass is 9.97. The van der Waals surface area contributed by atoms with Gasteiger partial charge in [-0.15, -0.1) is 0 Å². The second kappa shape index (κ2) is 45.4. The molecule has 0 bridgehead atoms. The van der Waals surface area contributed by atoms with Crippen molar-refractivity contribution in [2.24, 2.45) is 51.4 Å². The highest BCUT2D eigenvalue weighted by atomic mass is 16.4. The van der Waals surface area contributed by atoms with E-state index in [0.29, 0.717) is 11.1 Å². The van der Waals surface area contributed by atoms with Crippen molar-refractivity contribution in [1.29, 1.82) is 0 Å². The molecule has 106 heavy (non-hydrogen) atoms. The number of benzene rings is 2. The maximum atomic E-state index is 14.6. The van der Waals surface area contributed by atoms with Crippen molar-refractivity contribution in [2.45, 2.75) is 198 Å². The zero-order valence-corrected chi connectivity index (χ0v) is 60.3. The standard InChI is InChI=1S/C68H104N18O20/c1-7-36(5)54(85-62(101)47(31-53(93)94)79-57(96)40(69)33-87)65(104)75-32-51(90)84-55(37(6)8-2)66(105)83-48(34-88)63(102)77-42(23-24-52(91)92)67(106)86-26-16-22-49(86)64(103)82-46(30-50(70)89)61(100)81-45(29-39-19-13-10-14-20-39)60(99)80-44(27-35(3)4)59(98)76-41(21-15-25-74-68(72)73)58(97)78-43(56(71)95)28-38-17-11-9-12-18-38/h9-14,17-20,35-37,40-49,54-55,87-88H,7-8,15-16,21-34,69H2,1-6H3,(H2,70,89)(H2,71,95)(H,75,104)(H,76,98)(H,77,102)(H,78,97)(H,79,96)(H,80,99)(H,81,100)(H,82,103)(H,83,105)(H,84,90)(H,85,101)(H,91,92)(H,93,94)(H4,72,73,74)/t36-,37-,40-,41-,42-,43-,44-,45-,46-,47-,48-,49-,54-,55-/m0/s1. The molecule has 0 radical (unpaired) electrons. The summed E-state index contributed by atoms with van der Waals surface area (Å²) in [6, 6.07) is -1.72. The van der Waals surface area contributed by atoms with Crippen molar-refractivity contribution >= 4 is 101 Å². The van der Waals surface area contributed by atoms with Crippen LogP contribution in [-0.4, -0.2) is 231 Å². The largest absolute Gasteiger partial charge is 0.481 e. The van der Waals surface area contributed by atoms with Gasteiger partial charge in [-0.2, -0.15) is 0 Å². The van der Waals surface area contributed by atoms with Crippen LogP contribution in [0.3, 0.4) is 0 Å². The molecule has 0 unspecified atom stereocenters. The Morgan fingerprint density at radius 1 is 0.519 bits per heavy atom. The smallest absolute Gasteiger partial charge is 0.305 e. The van der Waals surface area contributed by atoms with Crippen LogP contribution in [0.1, 0.15) is 123 Å². The van der Waals surface area contributed by atoms with Gasteiger partial charge in [0.2, 0.25) is 82.7 Å². The molecule has 14 atom stereocenters. The van der Waals surface area contributed by atoms with Gasteiger partial charge in [0.05, 0.1) is 32.6 Å². The maximum absolute atomic E-state index is 14.6. The third kappa shape index (κ3) is 30.8. The first kappa shape index (κ1) is 89.3. The average molecular weight is 1490 g/mol. The number of hydrogen-bond donors (Lipinski definition) is 20. The highest BCUT2D eigenvalue weighted by molar-refractivity contribution is 6.01. The van der Waals surface area contributed by atoms with Crippen LogP contribution in [0.2, 0.25) is 0 Å². The zero-order chi connectivity index (χ0) is 79.5. The summed E-state index contributed by atoms with van der Waals surface area (Å²) in [6.07, 6.45) is -2.84. The van der Waals surface area contributed by atoms with Crippen LogP contribution in [0.5, 0.6) is 0 Å². The SMILES string of the molecule is CC[C@H](C)[C@H](NC(=O)CNC(=O)[C@@H](NC(=O)[C@H](CC(=O)O)NC(=O)[C@@H](N)CO)[C@@H](C)CC)C(=O)N[C@@H](CO)C(=O)N[C@@H](CCC(=O)O)C(=O)N1CCC[C@H]1C(=O)N[C@@H](CC(N)=O)C(=O)N[C@@H](Cc1ccccc1)C(=O)N[C@@H](CC(C)C)C(=O)N[C@@H](CCCN=C(N)N)C(=O)N[C@@H](Cc1ccccc1)C(N)=O. The number of aliphatic carboxylic acids is 2. The van der Waals surface area contributed by atoms with E-state index < -0.39 is 224 Å². The fourth-order valence-corrected chi connectivity index (χ4v) is 11.0. The molecule has 586 valence electrons. The lowest BCUT2D eigenvalue weighted by Gasteiger charge is -2.31. The summed E-state index contributed by atoms with van der Waals surface area (Å²) in [7, 11) is 0. The topological polar surface area (TPSA) is 632 Å². The minimum absolute atomic E-state index is 0.0122. The summed E-state index contributed by atoms with van der Waals surface area (Å²) in [5, 5.41) is 65.8. The second-order valence-electron chi connectivity index (χ2n) is 26.2. The van der Waals surface area contributed by atoms with Crippen LogP contribution in [0, 0.1) is 17.8 Å². The van der Waals surface area contributed by atoms with Crippen LogP contribution in [0.15, 0.2) is 65.7 Å². The molecule has 14 amide bonds. The number of guanidine groups is 1. The van der Waals surface area contributed by atoms with Gasteiger partial charge in [0.25, 0.3) is 0 Å². The number of nitrogens with two attached hydrogens (primary N) is 5. The normalized spacial score (nSPS) is 16.2. The third-order valence-electron chi connectivity index (χ3n) is 17.3. The van der Waals surface area contributed by atoms with E-state index in [2.05, 4.69) is 63.5 Å². The number of carboxylic acids is 2. The van der Waals surface area contributed by atoms with Gasteiger partial charge in [-0.3, -0.25) is 81.7 Å². The monoisotopic (exact) mass is 1490 g/mol. The zero-order valence-electron chi connectivity index (χ0n) is 60.3. The number of primary amides is 2. The molecular weight excluding hydrogens is 1390 g/mol. The van der Waals surface area contributed by atoms with Crippen molar-refractivity contribution in [3.63, 3.8) is 0 Å². The fourth-order valence-electron chi connectivity index (χ4n) is 11.0. The molecule has 1 aliphatic heterocycles. The fraction of sp³-hybridized carbons (Fsp3) is 0.574. The molecule has 38 heteroatoms. The molecule has 1 saturated heterocycles. The van der Waals surface area contributed by atoms with Gasteiger partial charge in [-0.25, -0.2) is 0 Å². The molecule has 0 spiro atoms. The first-order chi connectivity index (χ1) is 50.0. The summed E-state index contributed by atoms with van der Waals surface area (Å²) in [5.41, 5.74) is 29.0. The predicted octanol–water partition coefficient (Wildman–Crippen LogP) is -6.37. The van der Waals surface area contributed by atoms with Crippen LogP contribution in [-0.2, 0) is 89.6 Å². The van der Waals surface area contributed by atoms with E-state index in [0.717, 1.165) is 4.90 Å². The van der Waals surface area contributed by atoms with Gasteiger partial charge in [0.15, 0.2) is 5.96 Å². The van der Waals surface area contributed by atoms with Crippen LogP contribution < -0.4 is 87.2 Å². The third-order valence-corrected chi connectivity index (χ3v) is 17.3. The molecule has 0 saturated carbocycles. The van der Waals surface area contributed by atoms with Crippen LogP contribution in [0.4, 0.5) is 0 Å². The first-order valence-corrected chi connectivity index (χ1v) is 34.8. The van der Waals surface area contributed by atoms with Gasteiger partial charge in [-0.05, 0) is 67.4 Å². The Kier molecular flexibility index (Phi) is 38.2. The summed E-state index contributed by atoms with van der Waals surface area (Å²) in [4.78, 5) is 221. The second-order valence-corrected chi connectivity index (χ2v) is 26.2. The number of carbonyl (C=O) groups is 16. The molecule has 1 heterocycles. The quantitative estimate of drug-likeness (QED) is 0.0166. The van der Waals surface area contributed by atoms with E-state index in [1.807, 2.05) is 0 Å². The molecule has 2 aromatic carbocycles. The number of nitrogens with zero attached hydrogens (tertiary/aromatic N) is 2. The van der Waals surface area contributed by atoms with Crippen molar-refractivity contribution in [1.82, 2.24) is 63.4 Å². The molecule has 2 aromatic rings. The van der Waals surface area contributed by atoms with Crippen molar-refractivity contribution < 1.29 is 97.1 Å². The molecule has 1 fully saturated rings. The van der Waals surface area contributed by atoms with Crippen molar-refractivity contribution in [3.05, 3.63) is 71.8 Å². The van der Waals surface area contributed by atoms with E-state index >= 15 is 0 Å². The number of carbonyl (C=O) groups excluding carboxylic acids is 14. The predicted molar refractivity (Wildman–Crippen MR) is 380 cm³/mol. The molecule has 0 aliphatic carbocycles. The number of nitrogens with one attached hydrogen (secondary N) is 11. The number of likely N-dealkylation sites (tertiary alicyclic amines) is 1. The maximum Gasteiger partial charge on any atom is 0.305 e. The van der Waals surface area contributed by atoms with Gasteiger partial charge >= 0.3 is 11.9 Å². The summed E-state index contributed by atoms with van der Waals surface area (Å²) in [6.45, 7) is 6.96. The molecular formula is C68H104N18O20. The number of aliphatic hydroxyl groups is 2. The van der Waals surface area contributed by atoms with E-state index in [-0.39, 0.29) is 82.8 Å². The number of aliphatic imine (C=N–C) groups is 1. The Morgan fingerprint density at radius 3 is 1.53 bits per heavy atom. The van der Waals surface area contributed by atoms with Gasteiger partial charge in [-0.1, -0.05) is 115 Å². The molecule has 25 N–H and O–H groups in total. The van der Waals surface area contributed by atoms with Crippen molar-refractivity contribution in [3.8, 4) is 0 Å². The van der Waals surface area contributed by atoms with Crippen LogP contribution >= 0.6 is 0 Å². The lowest BCUT2D eigenvalue weighted by Crippen LogP contribution is -2.61. The first-order valence-electron chi connectivity index (χ1n) is 34.8. The van der Waals surface area contributed by atoms with E-state index in [9.17, 15) is 97.1 Å². The van der Waals surface area contributed by atoms with E-state index in [1.165, 1.54) is 6.92 Å². The number of amides is 14. The summed E-state index contributed by atoms with van der Waals surface area (Å²) >= 11 is 0. The molecule has 1 aliphatic rings. The van der Waals surface area contributed by atoms with Gasteiger partial charge < -0.3 is 112 Å². The number of aliphatic hydroxyl groups excluding tert-OH is 2. The molecule has 3 rings (SSSR count). The molecule has 38 nitrogen and oxygen atoms in total. The Morgan fingerprint density at radius 2 is 1.00 bits per heavy atom. The molecule has 0 aromatic heterocycles. The Balaban J connectivity index is 1.87. The number of carboxylic acid groups (broad SMARTS) is 2. The highest BCUT2D eigenvalue weighted by Gasteiger charge is 2.42. The Labute approximate surface area is 612 Å². The average Bonchev–Trinajstić information content (AvgIpc) is 1.59. The minimum Gasteiger partial charge on any atom is -0.481 e. The van der Waals surface area contributed by atoms with Gasteiger partial charge in [0.1, 0.15) is 72.5 Å². The van der Waals surface area contributed by atoms with E-state index in [1.54, 1.807) is 95.3 Å². The van der Waals surface area contributed by atoms with Crippen LogP contribution in [0.25, 0.3) is 0 Å². The summed E-state index contributed by atoms with van der Waals surface area (Å²) < 4.78 is 0. The Bertz CT molecular complexity index is 3400. The van der Waals surface area contributed by atoms with E-state index in [4.69, 9.17) is 28.7 Å². The highest BCUT2D eigenvalue weighted by Crippen LogP contribution is 2.21. The van der Waals surface area contributed by atoms with Crippen molar-refractivity contribution in [2.75, 3.05) is 32.8 Å². The number of rotatable bonds is 47. The minimum atomic E-state index is -1.89. The van der Waals surface area contributed by atoms with Gasteiger partial charge in [0, 0.05) is 32.4 Å². The Hall–Kier alpha value is -10.9.